The van der Waals surface area contributed by atoms with Crippen molar-refractivity contribution in [3.05, 3.63) is 48.0 Å². The molecular weight excluding hydrogens is 274 g/mol. The Kier molecular flexibility index (Phi) is 3.07. The first-order chi connectivity index (χ1) is 9.65. The van der Waals surface area contributed by atoms with E-state index in [9.17, 15) is 9.59 Å². The SMILES string of the molecule is CC(=O)n1c2ccccc2c2cccc(C(=O)CCl)c21. The normalized spacial score (nSPS) is 11.1. The van der Waals surface area contributed by atoms with E-state index in [1.54, 1.807) is 10.6 Å². The number of benzene rings is 2. The first-order valence-corrected chi connectivity index (χ1v) is 6.81. The van der Waals surface area contributed by atoms with Gasteiger partial charge in [-0.2, -0.15) is 0 Å². The van der Waals surface area contributed by atoms with Crippen molar-refractivity contribution in [1.82, 2.24) is 4.57 Å². The highest BCUT2D eigenvalue weighted by atomic mass is 35.5. The van der Waals surface area contributed by atoms with Crippen LogP contribution in [-0.2, 0) is 0 Å². The summed E-state index contributed by atoms with van der Waals surface area (Å²) in [5.41, 5.74) is 1.94. The van der Waals surface area contributed by atoms with Crippen LogP contribution >= 0.6 is 11.6 Å². The Morgan fingerprint density at radius 2 is 1.75 bits per heavy atom. The molecule has 0 aliphatic heterocycles. The van der Waals surface area contributed by atoms with E-state index in [1.165, 1.54) is 6.92 Å². The number of nitrogens with zero attached hydrogens (tertiary/aromatic N) is 1. The molecule has 0 amide bonds. The Morgan fingerprint density at radius 1 is 1.05 bits per heavy atom. The molecule has 3 rings (SSSR count). The second-order valence-corrected chi connectivity index (χ2v) is 4.90. The number of hydrogen-bond acceptors (Lipinski definition) is 2. The highest BCUT2D eigenvalue weighted by Gasteiger charge is 2.18. The van der Waals surface area contributed by atoms with Crippen LogP contribution in [0.5, 0.6) is 0 Å². The van der Waals surface area contributed by atoms with E-state index in [2.05, 4.69) is 0 Å². The molecule has 0 radical (unpaired) electrons. The molecule has 20 heavy (non-hydrogen) atoms. The topological polar surface area (TPSA) is 39.1 Å². The maximum atomic E-state index is 12.0. The molecule has 0 N–H and O–H groups in total. The van der Waals surface area contributed by atoms with Crippen molar-refractivity contribution in [2.24, 2.45) is 0 Å². The molecule has 2 aromatic carbocycles. The Bertz CT molecular complexity index is 848. The van der Waals surface area contributed by atoms with Gasteiger partial charge in [0.2, 0.25) is 5.91 Å². The Hall–Kier alpha value is -2.13. The van der Waals surface area contributed by atoms with Gasteiger partial charge in [-0.1, -0.05) is 30.3 Å². The second kappa shape index (κ2) is 4.76. The molecule has 0 fully saturated rings. The molecular formula is C16H12ClNO2. The van der Waals surface area contributed by atoms with Crippen molar-refractivity contribution in [3.8, 4) is 0 Å². The first-order valence-electron chi connectivity index (χ1n) is 6.27. The van der Waals surface area contributed by atoms with Gasteiger partial charge < -0.3 is 0 Å². The maximum absolute atomic E-state index is 12.0. The highest BCUT2D eigenvalue weighted by Crippen LogP contribution is 2.31. The number of ketones is 1. The van der Waals surface area contributed by atoms with E-state index in [4.69, 9.17) is 11.6 Å². The Balaban J connectivity index is 2.57. The quantitative estimate of drug-likeness (QED) is 0.529. The fourth-order valence-electron chi connectivity index (χ4n) is 2.64. The molecule has 1 heterocycles. The van der Waals surface area contributed by atoms with Gasteiger partial charge in [-0.3, -0.25) is 14.2 Å². The number of fused-ring (bicyclic) bond motifs is 3. The molecule has 0 bridgehead atoms. The third-order valence-electron chi connectivity index (χ3n) is 3.43. The van der Waals surface area contributed by atoms with E-state index in [0.29, 0.717) is 11.1 Å². The lowest BCUT2D eigenvalue weighted by atomic mass is 10.1. The molecule has 3 aromatic rings. The summed E-state index contributed by atoms with van der Waals surface area (Å²) in [4.78, 5) is 24.0. The van der Waals surface area contributed by atoms with Crippen LogP contribution in [0.3, 0.4) is 0 Å². The largest absolute Gasteiger partial charge is 0.293 e. The van der Waals surface area contributed by atoms with Crippen molar-refractivity contribution >= 4 is 45.1 Å². The van der Waals surface area contributed by atoms with E-state index in [-0.39, 0.29) is 17.6 Å². The molecule has 0 aliphatic rings. The molecule has 0 saturated carbocycles. The molecule has 0 unspecified atom stereocenters. The molecule has 100 valence electrons. The standard InChI is InChI=1S/C16H12ClNO2/c1-10(19)18-14-8-3-2-5-11(14)12-6-4-7-13(16(12)18)15(20)9-17/h2-8H,9H2,1H3. The molecule has 3 nitrogen and oxygen atoms in total. The van der Waals surface area contributed by atoms with Crippen molar-refractivity contribution in [2.45, 2.75) is 6.92 Å². The Labute approximate surface area is 120 Å². The number of hydrogen-bond donors (Lipinski definition) is 0. The number of Topliss-reactive ketones (excluding diaryl/α,β-unsaturated/α-hetero) is 1. The van der Waals surface area contributed by atoms with Crippen LogP contribution < -0.4 is 0 Å². The minimum atomic E-state index is -0.178. The third kappa shape index (κ3) is 1.74. The number of aromatic nitrogens is 1. The molecule has 0 aliphatic carbocycles. The summed E-state index contributed by atoms with van der Waals surface area (Å²) in [6.45, 7) is 1.49. The van der Waals surface area contributed by atoms with Crippen LogP contribution in [-0.4, -0.2) is 22.1 Å². The summed E-state index contributed by atoms with van der Waals surface area (Å²) < 4.78 is 1.59. The van der Waals surface area contributed by atoms with Crippen LogP contribution in [0.4, 0.5) is 0 Å². The van der Waals surface area contributed by atoms with Crippen LogP contribution in [0.25, 0.3) is 21.8 Å². The highest BCUT2D eigenvalue weighted by molar-refractivity contribution is 6.32. The minimum absolute atomic E-state index is 0.0987. The average molecular weight is 286 g/mol. The lowest BCUT2D eigenvalue weighted by molar-refractivity contribution is 0.0946. The number of carbonyl (C=O) groups is 2. The number of halogens is 1. The van der Waals surface area contributed by atoms with Crippen LogP contribution in [0, 0.1) is 0 Å². The summed E-state index contributed by atoms with van der Waals surface area (Å²) >= 11 is 5.67. The summed E-state index contributed by atoms with van der Waals surface area (Å²) in [7, 11) is 0. The molecule has 0 saturated heterocycles. The zero-order valence-corrected chi connectivity index (χ0v) is 11.6. The number of carbonyl (C=O) groups excluding carboxylic acids is 2. The minimum Gasteiger partial charge on any atom is -0.293 e. The van der Waals surface area contributed by atoms with E-state index >= 15 is 0 Å². The van der Waals surface area contributed by atoms with Gasteiger partial charge >= 0.3 is 0 Å². The zero-order valence-electron chi connectivity index (χ0n) is 10.9. The lowest BCUT2D eigenvalue weighted by Gasteiger charge is -2.05. The van der Waals surface area contributed by atoms with Gasteiger partial charge in [0, 0.05) is 23.3 Å². The summed E-state index contributed by atoms with van der Waals surface area (Å²) in [6, 6.07) is 13.1. The summed E-state index contributed by atoms with van der Waals surface area (Å²) in [5, 5.41) is 1.86. The van der Waals surface area contributed by atoms with Crippen molar-refractivity contribution < 1.29 is 9.59 Å². The van der Waals surface area contributed by atoms with E-state index in [0.717, 1.165) is 16.3 Å². The lowest BCUT2D eigenvalue weighted by Crippen LogP contribution is -2.09. The van der Waals surface area contributed by atoms with Gasteiger partial charge in [0.25, 0.3) is 0 Å². The van der Waals surface area contributed by atoms with E-state index < -0.39 is 0 Å². The molecule has 0 atom stereocenters. The van der Waals surface area contributed by atoms with Gasteiger partial charge in [-0.15, -0.1) is 11.6 Å². The smallest absolute Gasteiger partial charge is 0.228 e. The Morgan fingerprint density at radius 3 is 2.45 bits per heavy atom. The molecule has 4 heteroatoms. The van der Waals surface area contributed by atoms with Gasteiger partial charge in [-0.05, 0) is 12.1 Å². The number of para-hydroxylation sites is 2. The maximum Gasteiger partial charge on any atom is 0.228 e. The van der Waals surface area contributed by atoms with Crippen LogP contribution in [0.15, 0.2) is 42.5 Å². The van der Waals surface area contributed by atoms with Crippen LogP contribution in [0.1, 0.15) is 22.1 Å². The van der Waals surface area contributed by atoms with Crippen molar-refractivity contribution in [2.75, 3.05) is 5.88 Å². The van der Waals surface area contributed by atoms with Gasteiger partial charge in [0.05, 0.1) is 16.9 Å². The van der Waals surface area contributed by atoms with Crippen molar-refractivity contribution in [3.63, 3.8) is 0 Å². The second-order valence-electron chi connectivity index (χ2n) is 4.63. The van der Waals surface area contributed by atoms with Gasteiger partial charge in [0.15, 0.2) is 5.78 Å². The summed E-state index contributed by atoms with van der Waals surface area (Å²) in [5.74, 6) is -0.396. The first kappa shape index (κ1) is 12.9. The monoisotopic (exact) mass is 285 g/mol. The summed E-state index contributed by atoms with van der Waals surface area (Å²) in [6.07, 6.45) is 0. The predicted octanol–water partition coefficient (Wildman–Crippen LogP) is 3.88. The van der Waals surface area contributed by atoms with Gasteiger partial charge in [0.1, 0.15) is 0 Å². The van der Waals surface area contributed by atoms with Crippen LogP contribution in [0.2, 0.25) is 0 Å². The molecule has 1 aromatic heterocycles. The number of rotatable bonds is 2. The fraction of sp³-hybridized carbons (Fsp3) is 0.125. The van der Waals surface area contributed by atoms with E-state index in [1.807, 2.05) is 36.4 Å². The average Bonchev–Trinajstić information content (AvgIpc) is 2.81. The van der Waals surface area contributed by atoms with Crippen molar-refractivity contribution in [1.29, 1.82) is 0 Å². The third-order valence-corrected chi connectivity index (χ3v) is 3.67. The molecule has 0 spiro atoms. The number of alkyl halides is 1. The zero-order chi connectivity index (χ0) is 14.3. The fourth-order valence-corrected chi connectivity index (χ4v) is 2.79. The van der Waals surface area contributed by atoms with Gasteiger partial charge in [-0.25, -0.2) is 0 Å². The predicted molar refractivity (Wildman–Crippen MR) is 80.8 cm³/mol.